The van der Waals surface area contributed by atoms with Gasteiger partial charge in [0, 0.05) is 37.9 Å². The van der Waals surface area contributed by atoms with Crippen LogP contribution in [0.2, 0.25) is 0 Å². The second-order valence-corrected chi connectivity index (χ2v) is 10.3. The molecule has 1 N–H and O–H groups in total. The van der Waals surface area contributed by atoms with Crippen LogP contribution in [0.1, 0.15) is 50.4 Å². The molecule has 206 valence electrons. The van der Waals surface area contributed by atoms with E-state index >= 15 is 0 Å². The van der Waals surface area contributed by atoms with Gasteiger partial charge >= 0.3 is 6.09 Å². The zero-order valence-corrected chi connectivity index (χ0v) is 23.2. The number of nitrogens with zero attached hydrogens (tertiary/aromatic N) is 6. The molecule has 0 bridgehead atoms. The predicted octanol–water partition coefficient (Wildman–Crippen LogP) is 3.19. The van der Waals surface area contributed by atoms with Gasteiger partial charge in [-0.15, -0.1) is 0 Å². The Morgan fingerprint density at radius 1 is 1.26 bits per heavy atom. The van der Waals surface area contributed by atoms with Crippen molar-refractivity contribution in [1.29, 1.82) is 0 Å². The number of carbonyl (C=O) groups excluding carboxylic acids is 1. The third-order valence-electron chi connectivity index (χ3n) is 6.07. The number of aromatic nitrogens is 4. The molecule has 0 radical (unpaired) electrons. The first-order valence-corrected chi connectivity index (χ1v) is 12.8. The highest BCUT2D eigenvalue weighted by atomic mass is 16.6. The molecule has 0 fully saturated rings. The maximum atomic E-state index is 13.0. The van der Waals surface area contributed by atoms with E-state index in [9.17, 15) is 9.59 Å². The molecule has 1 aliphatic heterocycles. The third-order valence-corrected chi connectivity index (χ3v) is 6.07. The first kappa shape index (κ1) is 27.8. The zero-order chi connectivity index (χ0) is 28.2. The lowest BCUT2D eigenvalue weighted by Gasteiger charge is -2.30. The number of rotatable bonds is 8. The van der Waals surface area contributed by atoms with E-state index in [0.29, 0.717) is 37.0 Å². The average molecular weight is 534 g/mol. The van der Waals surface area contributed by atoms with Crippen LogP contribution >= 0.6 is 0 Å². The van der Waals surface area contributed by atoms with E-state index in [1.807, 2.05) is 71.3 Å². The molecule has 1 unspecified atom stereocenters. The number of ether oxygens (including phenoxy) is 2. The summed E-state index contributed by atoms with van der Waals surface area (Å²) in [5.41, 5.74) is 2.14. The SMILES string of the molecule is COCCN(C(=O)OC(C)(C)C)C1=CCN=C(c2cccc(C(C)c3nn(-c4cnn(C)c4)ccc3=O)c2)N1. The van der Waals surface area contributed by atoms with Gasteiger partial charge in [-0.2, -0.15) is 10.2 Å². The largest absolute Gasteiger partial charge is 0.443 e. The van der Waals surface area contributed by atoms with E-state index in [4.69, 9.17) is 9.47 Å². The molecule has 4 rings (SSSR count). The molecule has 1 atom stereocenters. The summed E-state index contributed by atoms with van der Waals surface area (Å²) in [7, 11) is 3.41. The number of amides is 1. The topological polar surface area (TPSA) is 116 Å². The summed E-state index contributed by atoms with van der Waals surface area (Å²) in [6, 6.07) is 9.31. The minimum absolute atomic E-state index is 0.141. The molecule has 3 aromatic rings. The minimum Gasteiger partial charge on any atom is -0.443 e. The Bertz CT molecular complexity index is 1450. The van der Waals surface area contributed by atoms with Gasteiger partial charge in [0.05, 0.1) is 32.1 Å². The Kier molecular flexibility index (Phi) is 8.29. The maximum absolute atomic E-state index is 13.0. The molecule has 39 heavy (non-hydrogen) atoms. The second kappa shape index (κ2) is 11.6. The normalized spacial score (nSPS) is 14.2. The van der Waals surface area contributed by atoms with Crippen molar-refractivity contribution in [2.75, 3.05) is 26.8 Å². The van der Waals surface area contributed by atoms with Crippen molar-refractivity contribution >= 4 is 11.9 Å². The predicted molar refractivity (Wildman–Crippen MR) is 148 cm³/mol. The van der Waals surface area contributed by atoms with Gasteiger partial charge in [-0.1, -0.05) is 25.1 Å². The van der Waals surface area contributed by atoms with Gasteiger partial charge in [0.1, 0.15) is 28.6 Å². The molecule has 0 spiro atoms. The zero-order valence-electron chi connectivity index (χ0n) is 23.2. The molecule has 3 heterocycles. The van der Waals surface area contributed by atoms with Crippen molar-refractivity contribution in [2.45, 2.75) is 39.2 Å². The van der Waals surface area contributed by atoms with E-state index < -0.39 is 11.7 Å². The summed E-state index contributed by atoms with van der Waals surface area (Å²) in [5, 5.41) is 12.1. The number of aryl methyl sites for hydroxylation is 1. The molecule has 11 heteroatoms. The quantitative estimate of drug-likeness (QED) is 0.473. The first-order chi connectivity index (χ1) is 18.6. The van der Waals surface area contributed by atoms with Crippen LogP contribution < -0.4 is 10.7 Å². The van der Waals surface area contributed by atoms with E-state index in [0.717, 1.165) is 16.8 Å². The molecule has 1 aliphatic rings. The van der Waals surface area contributed by atoms with Gasteiger partial charge in [-0.05, 0) is 38.5 Å². The molecule has 1 aromatic carbocycles. The van der Waals surface area contributed by atoms with Crippen molar-refractivity contribution in [3.8, 4) is 5.69 Å². The summed E-state index contributed by atoms with van der Waals surface area (Å²) >= 11 is 0. The van der Waals surface area contributed by atoms with Gasteiger partial charge in [0.15, 0.2) is 0 Å². The van der Waals surface area contributed by atoms with Crippen molar-refractivity contribution < 1.29 is 14.3 Å². The summed E-state index contributed by atoms with van der Waals surface area (Å²) in [4.78, 5) is 31.9. The van der Waals surface area contributed by atoms with Crippen molar-refractivity contribution in [3.63, 3.8) is 0 Å². The Morgan fingerprint density at radius 3 is 2.74 bits per heavy atom. The summed E-state index contributed by atoms with van der Waals surface area (Å²) in [6.45, 7) is 8.49. The van der Waals surface area contributed by atoms with Crippen LogP contribution in [0.4, 0.5) is 4.79 Å². The molecule has 0 saturated carbocycles. The van der Waals surface area contributed by atoms with E-state index in [1.54, 1.807) is 28.9 Å². The van der Waals surface area contributed by atoms with Crippen LogP contribution in [-0.4, -0.2) is 68.8 Å². The number of carbonyl (C=O) groups is 1. The molecule has 0 saturated heterocycles. The monoisotopic (exact) mass is 533 g/mol. The Balaban J connectivity index is 1.57. The van der Waals surface area contributed by atoms with Gasteiger partial charge in [-0.25, -0.2) is 9.48 Å². The van der Waals surface area contributed by atoms with Crippen LogP contribution in [0.15, 0.2) is 70.6 Å². The summed E-state index contributed by atoms with van der Waals surface area (Å²) in [6.07, 6.45) is 6.53. The Labute approximate surface area is 227 Å². The van der Waals surface area contributed by atoms with Gasteiger partial charge in [0.25, 0.3) is 0 Å². The molecule has 11 nitrogen and oxygen atoms in total. The number of nitrogens with one attached hydrogen (secondary N) is 1. The number of hydrogen-bond donors (Lipinski definition) is 1. The maximum Gasteiger partial charge on any atom is 0.416 e. The fourth-order valence-electron chi connectivity index (χ4n) is 4.09. The molecule has 1 amide bonds. The summed E-state index contributed by atoms with van der Waals surface area (Å²) in [5.74, 6) is 0.913. The minimum atomic E-state index is -0.639. The number of benzene rings is 1. The van der Waals surface area contributed by atoms with Crippen molar-refractivity contribution in [2.24, 2.45) is 12.0 Å². The van der Waals surface area contributed by atoms with Crippen LogP contribution in [0, 0.1) is 0 Å². The van der Waals surface area contributed by atoms with Gasteiger partial charge in [0.2, 0.25) is 5.43 Å². The number of amidine groups is 1. The molecule has 2 aromatic heterocycles. The lowest BCUT2D eigenvalue weighted by molar-refractivity contribution is 0.0263. The number of aliphatic imine (C=N–C) groups is 1. The van der Waals surface area contributed by atoms with Gasteiger partial charge in [-0.3, -0.25) is 19.4 Å². The highest BCUT2D eigenvalue weighted by Crippen LogP contribution is 2.23. The molecule has 0 aliphatic carbocycles. The fraction of sp³-hybridized carbons (Fsp3) is 0.393. The summed E-state index contributed by atoms with van der Waals surface area (Å²) < 4.78 is 14.2. The second-order valence-electron chi connectivity index (χ2n) is 10.3. The Hall–Kier alpha value is -4.25. The van der Waals surface area contributed by atoms with Gasteiger partial charge < -0.3 is 14.8 Å². The molecular formula is C28H35N7O4. The number of methoxy groups -OCH3 is 1. The van der Waals surface area contributed by atoms with Crippen molar-refractivity contribution in [3.05, 3.63) is 87.9 Å². The lowest BCUT2D eigenvalue weighted by Crippen LogP contribution is -2.44. The third kappa shape index (κ3) is 6.80. The van der Waals surface area contributed by atoms with Crippen LogP contribution in [0.25, 0.3) is 5.69 Å². The highest BCUT2D eigenvalue weighted by molar-refractivity contribution is 6.00. The van der Waals surface area contributed by atoms with E-state index in [2.05, 4.69) is 20.5 Å². The van der Waals surface area contributed by atoms with E-state index in [-0.39, 0.29) is 11.3 Å². The fourth-order valence-corrected chi connectivity index (χ4v) is 4.09. The lowest BCUT2D eigenvalue weighted by atomic mass is 9.95. The number of hydrogen-bond acceptors (Lipinski definition) is 8. The highest BCUT2D eigenvalue weighted by Gasteiger charge is 2.27. The average Bonchev–Trinajstić information content (AvgIpc) is 3.34. The standard InChI is InChI=1S/C28H35N7O4/c1-19(25-23(36)11-13-35(32-25)22-17-30-33(5)18-22)20-8-7-9-21(16-20)26-29-12-10-24(31-26)34(14-15-38-6)27(37)39-28(2,3)4/h7-11,13,16-19H,12,14-15H2,1-6H3,(H,29,31). The van der Waals surface area contributed by atoms with Crippen LogP contribution in [0.5, 0.6) is 0 Å². The van der Waals surface area contributed by atoms with Crippen LogP contribution in [0.3, 0.4) is 0 Å². The Morgan fingerprint density at radius 2 is 2.05 bits per heavy atom. The molecular weight excluding hydrogens is 498 g/mol. The smallest absolute Gasteiger partial charge is 0.416 e. The van der Waals surface area contributed by atoms with E-state index in [1.165, 1.54) is 11.0 Å². The van der Waals surface area contributed by atoms with Crippen LogP contribution in [-0.2, 0) is 16.5 Å². The first-order valence-electron chi connectivity index (χ1n) is 12.8. The van der Waals surface area contributed by atoms with Crippen molar-refractivity contribution in [1.82, 2.24) is 29.8 Å².